The lowest BCUT2D eigenvalue weighted by Gasteiger charge is -2.30. The van der Waals surface area contributed by atoms with E-state index in [9.17, 15) is 13.2 Å². The van der Waals surface area contributed by atoms with Crippen LogP contribution in [0.1, 0.15) is 19.8 Å². The molecule has 0 aromatic rings. The fourth-order valence-corrected chi connectivity index (χ4v) is 4.65. The summed E-state index contributed by atoms with van der Waals surface area (Å²) in [5.74, 6) is 2.60. The Balaban J connectivity index is 2.12. The highest BCUT2D eigenvalue weighted by Gasteiger charge is 2.39. The molecule has 0 aliphatic carbocycles. The summed E-state index contributed by atoms with van der Waals surface area (Å²) in [5.41, 5.74) is 0. The number of rotatable bonds is 3. The second kappa shape index (κ2) is 5.51. The Bertz CT molecular complexity index is 495. The van der Waals surface area contributed by atoms with Crippen LogP contribution in [0.25, 0.3) is 0 Å². The van der Waals surface area contributed by atoms with Gasteiger partial charge in [-0.2, -0.15) is 0 Å². The molecule has 5 nitrogen and oxygen atoms in total. The van der Waals surface area contributed by atoms with Crippen LogP contribution in [-0.4, -0.2) is 55.9 Å². The van der Waals surface area contributed by atoms with E-state index in [-0.39, 0.29) is 42.0 Å². The van der Waals surface area contributed by atoms with E-state index in [4.69, 9.17) is 6.42 Å². The number of amides is 1. The predicted octanol–water partition coefficient (Wildman–Crippen LogP) is -0.367. The minimum atomic E-state index is -3.01. The highest BCUT2D eigenvalue weighted by atomic mass is 32.2. The predicted molar refractivity (Wildman–Crippen MR) is 73.2 cm³/mol. The van der Waals surface area contributed by atoms with E-state index in [0.29, 0.717) is 6.42 Å². The van der Waals surface area contributed by atoms with Gasteiger partial charge >= 0.3 is 0 Å². The summed E-state index contributed by atoms with van der Waals surface area (Å²) in [7, 11) is -3.01. The number of hydrogen-bond donors (Lipinski definition) is 1. The molecule has 2 rings (SSSR count). The number of terminal acetylenes is 1. The lowest BCUT2D eigenvalue weighted by molar-refractivity contribution is -0.136. The largest absolute Gasteiger partial charge is 0.327 e. The third-order valence-corrected chi connectivity index (χ3v) is 5.79. The minimum absolute atomic E-state index is 0.00227. The number of nitrogens with one attached hydrogen (secondary N) is 1. The molecule has 0 bridgehead atoms. The van der Waals surface area contributed by atoms with Crippen molar-refractivity contribution in [1.82, 2.24) is 10.2 Å². The van der Waals surface area contributed by atoms with Crippen molar-refractivity contribution >= 4 is 15.7 Å². The number of nitrogens with zero attached hydrogens (tertiary/aromatic N) is 1. The quantitative estimate of drug-likeness (QED) is 0.718. The fraction of sp³-hybridized carbons (Fsp3) is 0.769. The Hall–Kier alpha value is -1.06. The summed E-state index contributed by atoms with van der Waals surface area (Å²) >= 11 is 0. The van der Waals surface area contributed by atoms with Gasteiger partial charge in [-0.05, 0) is 26.3 Å². The molecule has 0 aromatic carbocycles. The normalized spacial score (nSPS) is 32.9. The van der Waals surface area contributed by atoms with Crippen molar-refractivity contribution in [3.05, 3.63) is 0 Å². The zero-order valence-corrected chi connectivity index (χ0v) is 11.9. The highest BCUT2D eigenvalue weighted by molar-refractivity contribution is 7.91. The molecule has 2 aliphatic rings. The van der Waals surface area contributed by atoms with Gasteiger partial charge < -0.3 is 10.2 Å². The van der Waals surface area contributed by atoms with Crippen LogP contribution in [0.15, 0.2) is 0 Å². The fourth-order valence-electron chi connectivity index (χ4n) is 2.92. The summed E-state index contributed by atoms with van der Waals surface area (Å²) in [6, 6.07) is -0.118. The molecule has 2 aliphatic heterocycles. The van der Waals surface area contributed by atoms with Gasteiger partial charge in [-0.15, -0.1) is 6.42 Å². The Morgan fingerprint density at radius 3 is 2.68 bits per heavy atom. The minimum Gasteiger partial charge on any atom is -0.327 e. The number of hydrogen-bond acceptors (Lipinski definition) is 4. The molecule has 3 unspecified atom stereocenters. The van der Waals surface area contributed by atoms with Gasteiger partial charge in [0.05, 0.1) is 24.0 Å². The van der Waals surface area contributed by atoms with E-state index in [1.165, 1.54) is 0 Å². The van der Waals surface area contributed by atoms with E-state index in [1.807, 2.05) is 6.92 Å². The molecule has 0 saturated carbocycles. The zero-order valence-electron chi connectivity index (χ0n) is 11.1. The molecule has 3 atom stereocenters. The van der Waals surface area contributed by atoms with Crippen LogP contribution < -0.4 is 5.32 Å². The van der Waals surface area contributed by atoms with Crippen LogP contribution in [0, 0.1) is 18.3 Å². The SMILES string of the molecule is C#CCN(C(=O)C1CCNC1C)C1CCS(=O)(=O)C1. The molecule has 1 N–H and O–H groups in total. The molecule has 6 heteroatoms. The van der Waals surface area contributed by atoms with Gasteiger partial charge in [0.25, 0.3) is 0 Å². The summed E-state index contributed by atoms with van der Waals surface area (Å²) in [4.78, 5) is 14.1. The first-order chi connectivity index (χ1) is 8.94. The molecule has 2 fully saturated rings. The lowest BCUT2D eigenvalue weighted by atomic mass is 9.99. The first kappa shape index (κ1) is 14.4. The van der Waals surface area contributed by atoms with Crippen LogP contribution in [0.5, 0.6) is 0 Å². The molecule has 2 heterocycles. The molecular weight excluding hydrogens is 264 g/mol. The van der Waals surface area contributed by atoms with Gasteiger partial charge in [0, 0.05) is 12.1 Å². The maximum absolute atomic E-state index is 12.5. The monoisotopic (exact) mass is 284 g/mol. The van der Waals surface area contributed by atoms with Crippen molar-refractivity contribution in [2.75, 3.05) is 24.6 Å². The Morgan fingerprint density at radius 1 is 1.47 bits per heavy atom. The van der Waals surface area contributed by atoms with E-state index >= 15 is 0 Å². The number of carbonyl (C=O) groups is 1. The van der Waals surface area contributed by atoms with Crippen molar-refractivity contribution < 1.29 is 13.2 Å². The first-order valence-electron chi connectivity index (χ1n) is 6.62. The highest BCUT2D eigenvalue weighted by Crippen LogP contribution is 2.23. The van der Waals surface area contributed by atoms with Gasteiger partial charge in [-0.3, -0.25) is 4.79 Å². The van der Waals surface area contributed by atoms with Crippen LogP contribution in [-0.2, 0) is 14.6 Å². The van der Waals surface area contributed by atoms with E-state index < -0.39 is 9.84 Å². The zero-order chi connectivity index (χ0) is 14.0. The van der Waals surface area contributed by atoms with Gasteiger partial charge in [0.1, 0.15) is 0 Å². The Morgan fingerprint density at radius 2 is 2.21 bits per heavy atom. The van der Waals surface area contributed by atoms with E-state index in [2.05, 4.69) is 11.2 Å². The molecule has 0 aromatic heterocycles. The summed E-state index contributed by atoms with van der Waals surface area (Å²) in [6.45, 7) is 3.00. The standard InChI is InChI=1S/C13H20N2O3S/c1-3-7-15(11-5-8-19(17,18)9-11)13(16)12-4-6-14-10(12)2/h1,10-12,14H,4-9H2,2H3. The van der Waals surface area contributed by atoms with Crippen LogP contribution in [0.2, 0.25) is 0 Å². The lowest BCUT2D eigenvalue weighted by Crippen LogP contribution is -2.46. The maximum Gasteiger partial charge on any atom is 0.228 e. The van der Waals surface area contributed by atoms with Gasteiger partial charge in [0.15, 0.2) is 9.84 Å². The molecule has 0 spiro atoms. The average molecular weight is 284 g/mol. The van der Waals surface area contributed by atoms with E-state index in [1.54, 1.807) is 4.90 Å². The number of carbonyl (C=O) groups excluding carboxylic acids is 1. The first-order valence-corrected chi connectivity index (χ1v) is 8.44. The van der Waals surface area contributed by atoms with Crippen molar-refractivity contribution in [2.24, 2.45) is 5.92 Å². The second-order valence-corrected chi connectivity index (χ2v) is 7.59. The maximum atomic E-state index is 12.5. The number of sulfone groups is 1. The topological polar surface area (TPSA) is 66.5 Å². The second-order valence-electron chi connectivity index (χ2n) is 5.37. The van der Waals surface area contributed by atoms with E-state index in [0.717, 1.165) is 13.0 Å². The van der Waals surface area contributed by atoms with Crippen LogP contribution >= 0.6 is 0 Å². The van der Waals surface area contributed by atoms with Crippen molar-refractivity contribution in [3.8, 4) is 12.3 Å². The van der Waals surface area contributed by atoms with Crippen LogP contribution in [0.3, 0.4) is 0 Å². The molecule has 1 amide bonds. The average Bonchev–Trinajstić information content (AvgIpc) is 2.91. The van der Waals surface area contributed by atoms with Gasteiger partial charge in [-0.25, -0.2) is 8.42 Å². The smallest absolute Gasteiger partial charge is 0.228 e. The Labute approximate surface area is 114 Å². The summed E-state index contributed by atoms with van der Waals surface area (Å²) in [5, 5.41) is 3.24. The molecule has 2 saturated heterocycles. The molecule has 106 valence electrons. The van der Waals surface area contributed by atoms with Gasteiger partial charge in [-0.1, -0.05) is 5.92 Å². The Kier molecular flexibility index (Phi) is 4.16. The van der Waals surface area contributed by atoms with Crippen molar-refractivity contribution in [3.63, 3.8) is 0 Å². The van der Waals surface area contributed by atoms with Crippen molar-refractivity contribution in [1.29, 1.82) is 0 Å². The van der Waals surface area contributed by atoms with Crippen molar-refractivity contribution in [2.45, 2.75) is 31.8 Å². The summed E-state index contributed by atoms with van der Waals surface area (Å²) in [6.07, 6.45) is 6.62. The molecular formula is C13H20N2O3S. The molecule has 0 radical (unpaired) electrons. The molecule has 19 heavy (non-hydrogen) atoms. The van der Waals surface area contributed by atoms with Crippen LogP contribution in [0.4, 0.5) is 0 Å². The third-order valence-electron chi connectivity index (χ3n) is 4.04. The third kappa shape index (κ3) is 3.10. The summed E-state index contributed by atoms with van der Waals surface area (Å²) < 4.78 is 23.1. The van der Waals surface area contributed by atoms with Gasteiger partial charge in [0.2, 0.25) is 5.91 Å².